The van der Waals surface area contributed by atoms with Gasteiger partial charge in [0, 0.05) is 0 Å². The molecule has 1 unspecified atom stereocenters. The second-order valence-corrected chi connectivity index (χ2v) is 7.84. The lowest BCUT2D eigenvalue weighted by molar-refractivity contribution is -0.919. The van der Waals surface area contributed by atoms with Crippen LogP contribution in [-0.2, 0) is 9.53 Å². The highest BCUT2D eigenvalue weighted by molar-refractivity contribution is 5.80. The van der Waals surface area contributed by atoms with Crippen LogP contribution in [0.5, 0.6) is 0 Å². The van der Waals surface area contributed by atoms with Gasteiger partial charge in [0.1, 0.15) is 19.1 Å². The zero-order valence-corrected chi connectivity index (χ0v) is 17.0. The summed E-state index contributed by atoms with van der Waals surface area (Å²) < 4.78 is 6.59. The zero-order chi connectivity index (χ0) is 19.8. The van der Waals surface area contributed by atoms with Crippen molar-refractivity contribution in [2.75, 3.05) is 32.8 Å². The summed E-state index contributed by atoms with van der Waals surface area (Å²) in [6.07, 6.45) is 6.28. The van der Waals surface area contributed by atoms with Crippen LogP contribution in [0.15, 0.2) is 43.0 Å². The summed E-state index contributed by atoms with van der Waals surface area (Å²) in [5.74, 6) is -0.905. The summed E-state index contributed by atoms with van der Waals surface area (Å²) in [7, 11) is 0. The molecule has 1 N–H and O–H groups in total. The highest BCUT2D eigenvalue weighted by atomic mass is 16.5. The van der Waals surface area contributed by atoms with E-state index in [0.717, 1.165) is 55.5 Å². The number of hydrogen-bond donors (Lipinski definition) is 1. The lowest BCUT2D eigenvalue weighted by Crippen LogP contribution is -2.50. The molecule has 27 heavy (non-hydrogen) atoms. The second-order valence-electron chi connectivity index (χ2n) is 7.84. The van der Waals surface area contributed by atoms with Gasteiger partial charge in [0.05, 0.1) is 25.2 Å². The van der Waals surface area contributed by atoms with Crippen LogP contribution in [0.4, 0.5) is 0 Å². The Bertz CT molecular complexity index is 589. The first-order chi connectivity index (χ1) is 13.0. The lowest BCUT2D eigenvalue weighted by atomic mass is 9.73. The van der Waals surface area contributed by atoms with Gasteiger partial charge in [0.15, 0.2) is 0 Å². The van der Waals surface area contributed by atoms with Crippen LogP contribution in [0.25, 0.3) is 0 Å². The Hall–Kier alpha value is -1.65. The fourth-order valence-corrected chi connectivity index (χ4v) is 4.35. The summed E-state index contributed by atoms with van der Waals surface area (Å²) in [6, 6.07) is 9.62. The van der Waals surface area contributed by atoms with Gasteiger partial charge in [-0.2, -0.15) is 0 Å². The van der Waals surface area contributed by atoms with Gasteiger partial charge >= 0.3 is 5.97 Å². The number of hydrogen-bond acceptors (Lipinski definition) is 3. The van der Waals surface area contributed by atoms with Crippen LogP contribution in [0.3, 0.4) is 0 Å². The normalized spacial score (nSPS) is 17.9. The van der Waals surface area contributed by atoms with Crippen molar-refractivity contribution in [2.45, 2.75) is 57.5 Å². The van der Waals surface area contributed by atoms with Gasteiger partial charge in [-0.05, 0) is 38.3 Å². The van der Waals surface area contributed by atoms with Crippen molar-refractivity contribution in [1.82, 2.24) is 0 Å². The molecule has 4 heteroatoms. The highest BCUT2D eigenvalue weighted by Crippen LogP contribution is 2.40. The Balaban J connectivity index is 2.11. The van der Waals surface area contributed by atoms with Gasteiger partial charge in [0.2, 0.25) is 0 Å². The Morgan fingerprint density at radius 3 is 2.41 bits per heavy atom. The van der Waals surface area contributed by atoms with Crippen molar-refractivity contribution in [3.05, 3.63) is 48.6 Å². The maximum atomic E-state index is 13.1. The van der Waals surface area contributed by atoms with Crippen LogP contribution >= 0.6 is 0 Å². The summed E-state index contributed by atoms with van der Waals surface area (Å²) in [5.41, 5.74) is -0.149. The molecule has 4 nitrogen and oxygen atoms in total. The molecule has 1 aromatic rings. The Labute approximate surface area is 164 Å². The summed E-state index contributed by atoms with van der Waals surface area (Å²) in [6.45, 7) is 12.2. The van der Waals surface area contributed by atoms with Gasteiger partial charge in [0.25, 0.3) is 0 Å². The predicted octanol–water partition coefficient (Wildman–Crippen LogP) is 4.05. The molecule has 1 fully saturated rings. The number of carbonyl (C=O) groups is 1. The quantitative estimate of drug-likeness (QED) is 0.382. The number of quaternary nitrogens is 1. The van der Waals surface area contributed by atoms with E-state index in [1.807, 2.05) is 36.4 Å². The van der Waals surface area contributed by atoms with Crippen molar-refractivity contribution in [3.8, 4) is 0 Å². The van der Waals surface area contributed by atoms with Gasteiger partial charge in [-0.25, -0.2) is 0 Å². The fourth-order valence-electron chi connectivity index (χ4n) is 4.35. The zero-order valence-electron chi connectivity index (χ0n) is 17.0. The Morgan fingerprint density at radius 2 is 1.85 bits per heavy atom. The highest BCUT2D eigenvalue weighted by Gasteiger charge is 2.44. The van der Waals surface area contributed by atoms with Gasteiger partial charge < -0.3 is 14.3 Å². The number of aliphatic hydroxyl groups is 1. The number of rotatable bonds is 10. The van der Waals surface area contributed by atoms with E-state index < -0.39 is 11.5 Å². The average molecular weight is 375 g/mol. The minimum atomic E-state index is -1.00. The van der Waals surface area contributed by atoms with Crippen LogP contribution < -0.4 is 0 Å². The minimum absolute atomic E-state index is 0.297. The monoisotopic (exact) mass is 374 g/mol. The molecule has 1 aliphatic carbocycles. The third kappa shape index (κ3) is 5.43. The van der Waals surface area contributed by atoms with Crippen molar-refractivity contribution in [3.63, 3.8) is 0 Å². The molecule has 0 bridgehead atoms. The van der Waals surface area contributed by atoms with E-state index in [9.17, 15) is 9.90 Å². The van der Waals surface area contributed by atoms with E-state index in [-0.39, 0.29) is 5.97 Å². The van der Waals surface area contributed by atoms with Crippen LogP contribution in [0.1, 0.15) is 57.4 Å². The molecule has 0 radical (unpaired) electrons. The van der Waals surface area contributed by atoms with Crippen molar-refractivity contribution >= 4 is 5.97 Å². The molecule has 0 saturated heterocycles. The molecule has 2 rings (SSSR count). The van der Waals surface area contributed by atoms with Crippen LogP contribution in [0, 0.1) is 0 Å². The van der Waals surface area contributed by atoms with Crippen LogP contribution in [0.2, 0.25) is 0 Å². The Morgan fingerprint density at radius 1 is 1.22 bits per heavy atom. The predicted molar refractivity (Wildman–Crippen MR) is 109 cm³/mol. The summed E-state index contributed by atoms with van der Waals surface area (Å²) >= 11 is 0. The fraction of sp³-hybridized carbons (Fsp3) is 0.609. The third-order valence-electron chi connectivity index (χ3n) is 6.29. The maximum Gasteiger partial charge on any atom is 0.316 e. The van der Waals surface area contributed by atoms with Gasteiger partial charge in [-0.3, -0.25) is 4.79 Å². The molecule has 1 aromatic carbocycles. The topological polar surface area (TPSA) is 46.5 Å². The second kappa shape index (κ2) is 10.0. The summed E-state index contributed by atoms with van der Waals surface area (Å²) in [5, 5.41) is 11.3. The molecule has 0 spiro atoms. The van der Waals surface area contributed by atoms with E-state index in [2.05, 4.69) is 20.4 Å². The van der Waals surface area contributed by atoms with E-state index in [0.29, 0.717) is 19.4 Å². The number of nitrogens with zero attached hydrogens (tertiary/aromatic N) is 1. The standard InChI is InChI=1S/C23H36NO3/c1-4-17-24(5-2,6-3)18-19-27-22(25)21(20-13-9-7-10-14-20)23(26)15-11-8-12-16-23/h4,7,9-10,13-14,21,26H,1,5-6,8,11-12,15-19H2,2-3H3/q+1. The molecule has 0 aromatic heterocycles. The summed E-state index contributed by atoms with van der Waals surface area (Å²) in [4.78, 5) is 13.1. The minimum Gasteiger partial charge on any atom is -0.459 e. The number of carbonyl (C=O) groups excluding carboxylic acids is 1. The third-order valence-corrected chi connectivity index (χ3v) is 6.29. The maximum absolute atomic E-state index is 13.1. The molecule has 1 atom stereocenters. The molecular weight excluding hydrogens is 338 g/mol. The molecule has 0 amide bonds. The van der Waals surface area contributed by atoms with Gasteiger partial charge in [-0.1, -0.05) is 56.2 Å². The van der Waals surface area contributed by atoms with E-state index >= 15 is 0 Å². The first kappa shape index (κ1) is 21.6. The van der Waals surface area contributed by atoms with Crippen molar-refractivity contribution < 1.29 is 19.1 Å². The number of esters is 1. The number of benzene rings is 1. The largest absolute Gasteiger partial charge is 0.459 e. The smallest absolute Gasteiger partial charge is 0.316 e. The van der Waals surface area contributed by atoms with E-state index in [1.165, 1.54) is 0 Å². The molecule has 0 heterocycles. The van der Waals surface area contributed by atoms with E-state index in [4.69, 9.17) is 4.74 Å². The SMILES string of the molecule is C=CC[N+](CC)(CC)CCOC(=O)C(c1ccccc1)C1(O)CCCCC1. The molecule has 0 aliphatic heterocycles. The Kier molecular flexibility index (Phi) is 8.06. The van der Waals surface area contributed by atoms with Crippen molar-refractivity contribution in [1.29, 1.82) is 0 Å². The first-order valence-corrected chi connectivity index (χ1v) is 10.4. The first-order valence-electron chi connectivity index (χ1n) is 10.4. The molecule has 1 aliphatic rings. The molecule has 150 valence electrons. The van der Waals surface area contributed by atoms with Gasteiger partial charge in [-0.15, -0.1) is 0 Å². The van der Waals surface area contributed by atoms with Crippen LogP contribution in [-0.4, -0.2) is 53.9 Å². The van der Waals surface area contributed by atoms with Crippen molar-refractivity contribution in [2.24, 2.45) is 0 Å². The van der Waals surface area contributed by atoms with E-state index in [1.54, 1.807) is 0 Å². The average Bonchev–Trinajstić information content (AvgIpc) is 2.68. The molecular formula is C23H36NO3+. The lowest BCUT2D eigenvalue weighted by Gasteiger charge is -2.39. The molecule has 1 saturated carbocycles. The number of ether oxygens (including phenoxy) is 1. The number of likely N-dealkylation sites (N-methyl/N-ethyl adjacent to an activating group) is 1.